The summed E-state index contributed by atoms with van der Waals surface area (Å²) in [5.74, 6) is 2.37. The number of rotatable bonds is 7. The molecule has 0 saturated heterocycles. The van der Waals surface area contributed by atoms with Gasteiger partial charge in [-0.05, 0) is 44.0 Å². The minimum Gasteiger partial charge on any atom is -0.406 e. The van der Waals surface area contributed by atoms with Gasteiger partial charge in [-0.1, -0.05) is 12.1 Å². The van der Waals surface area contributed by atoms with Crippen LogP contribution in [0.5, 0.6) is 5.75 Å². The fourth-order valence-electron chi connectivity index (χ4n) is 1.75. The third-order valence-corrected chi connectivity index (χ3v) is 2.81. The normalized spacial score (nSPS) is 12.8. The molecule has 0 fully saturated rings. The molecule has 5 heteroatoms. The molecule has 0 heterocycles. The van der Waals surface area contributed by atoms with Gasteiger partial charge in [0.25, 0.3) is 0 Å². The highest BCUT2D eigenvalue weighted by Gasteiger charge is 2.30. The number of terminal acetylenes is 1. The van der Waals surface area contributed by atoms with Crippen LogP contribution in [-0.4, -0.2) is 12.9 Å². The molecular weight excluding hydrogens is 267 g/mol. The van der Waals surface area contributed by atoms with Crippen molar-refractivity contribution in [3.63, 3.8) is 0 Å². The molecule has 1 aromatic rings. The zero-order valence-corrected chi connectivity index (χ0v) is 11.3. The Balaban J connectivity index is 2.41. The summed E-state index contributed by atoms with van der Waals surface area (Å²) in [5.41, 5.74) is 0.913. The van der Waals surface area contributed by atoms with Crippen LogP contribution in [0.1, 0.15) is 37.8 Å². The molecule has 2 nitrogen and oxygen atoms in total. The Morgan fingerprint density at radius 1 is 1.25 bits per heavy atom. The lowest BCUT2D eigenvalue weighted by Crippen LogP contribution is -2.20. The molecule has 0 aliphatic heterocycles. The summed E-state index contributed by atoms with van der Waals surface area (Å²) in [5, 5.41) is 3.29. The fourth-order valence-corrected chi connectivity index (χ4v) is 1.75. The number of nitrogens with one attached hydrogen (secondary N) is 1. The lowest BCUT2D eigenvalue weighted by atomic mass is 10.1. The molecule has 0 aromatic heterocycles. The van der Waals surface area contributed by atoms with Gasteiger partial charge >= 0.3 is 6.36 Å². The zero-order valence-electron chi connectivity index (χ0n) is 11.3. The maximum absolute atomic E-state index is 12.0. The van der Waals surface area contributed by atoms with Gasteiger partial charge in [0.15, 0.2) is 0 Å². The molecule has 0 aliphatic carbocycles. The number of benzene rings is 1. The van der Waals surface area contributed by atoms with Crippen LogP contribution in [0.25, 0.3) is 0 Å². The Morgan fingerprint density at radius 2 is 1.90 bits per heavy atom. The molecule has 0 aliphatic rings. The molecular formula is C15H18F3NO. The molecule has 1 aromatic carbocycles. The molecule has 20 heavy (non-hydrogen) atoms. The number of ether oxygens (including phenoxy) is 1. The zero-order chi connectivity index (χ0) is 15.0. The van der Waals surface area contributed by atoms with Crippen molar-refractivity contribution >= 4 is 0 Å². The molecule has 1 rings (SSSR count). The van der Waals surface area contributed by atoms with Gasteiger partial charge in [-0.25, -0.2) is 0 Å². The van der Waals surface area contributed by atoms with Crippen LogP contribution < -0.4 is 10.1 Å². The van der Waals surface area contributed by atoms with Gasteiger partial charge in [0.2, 0.25) is 0 Å². The van der Waals surface area contributed by atoms with Gasteiger partial charge in [0, 0.05) is 12.5 Å². The maximum Gasteiger partial charge on any atom is 0.573 e. The SMILES string of the molecule is C#CCCCCNC(C)c1ccc(OC(F)(F)F)cc1. The van der Waals surface area contributed by atoms with E-state index in [1.54, 1.807) is 12.1 Å². The number of hydrogen-bond donors (Lipinski definition) is 1. The number of unbranched alkanes of at least 4 members (excludes halogenated alkanes) is 2. The first kappa shape index (κ1) is 16.4. The Hall–Kier alpha value is -1.67. The number of alkyl halides is 3. The summed E-state index contributed by atoms with van der Waals surface area (Å²) >= 11 is 0. The van der Waals surface area contributed by atoms with E-state index < -0.39 is 6.36 Å². The Morgan fingerprint density at radius 3 is 2.45 bits per heavy atom. The number of halogens is 3. The Labute approximate surface area is 117 Å². The number of hydrogen-bond acceptors (Lipinski definition) is 2. The van der Waals surface area contributed by atoms with E-state index >= 15 is 0 Å². The highest BCUT2D eigenvalue weighted by molar-refractivity contribution is 5.29. The van der Waals surface area contributed by atoms with Crippen molar-refractivity contribution < 1.29 is 17.9 Å². The Bertz CT molecular complexity index is 434. The summed E-state index contributed by atoms with van der Waals surface area (Å²) in [7, 11) is 0. The van der Waals surface area contributed by atoms with Crippen LogP contribution >= 0.6 is 0 Å². The van der Waals surface area contributed by atoms with Crippen molar-refractivity contribution in [3.8, 4) is 18.1 Å². The monoisotopic (exact) mass is 285 g/mol. The van der Waals surface area contributed by atoms with Crippen molar-refractivity contribution in [1.82, 2.24) is 5.32 Å². The summed E-state index contributed by atoms with van der Waals surface area (Å²) in [6.07, 6.45) is 3.21. The second-order valence-corrected chi connectivity index (χ2v) is 4.45. The lowest BCUT2D eigenvalue weighted by Gasteiger charge is -2.15. The van der Waals surface area contributed by atoms with Crippen LogP contribution in [0.15, 0.2) is 24.3 Å². The second kappa shape index (κ2) is 7.81. The van der Waals surface area contributed by atoms with E-state index in [0.29, 0.717) is 0 Å². The first-order chi connectivity index (χ1) is 9.42. The van der Waals surface area contributed by atoms with E-state index in [9.17, 15) is 13.2 Å². The van der Waals surface area contributed by atoms with E-state index in [1.807, 2.05) is 6.92 Å². The molecule has 0 spiro atoms. The van der Waals surface area contributed by atoms with Gasteiger partial charge in [0.1, 0.15) is 5.75 Å². The highest BCUT2D eigenvalue weighted by Crippen LogP contribution is 2.24. The molecule has 0 amide bonds. The first-order valence-electron chi connectivity index (χ1n) is 6.45. The van der Waals surface area contributed by atoms with Crippen LogP contribution in [0.2, 0.25) is 0 Å². The molecule has 0 radical (unpaired) electrons. The average molecular weight is 285 g/mol. The largest absolute Gasteiger partial charge is 0.573 e. The topological polar surface area (TPSA) is 21.3 Å². The average Bonchev–Trinajstić information content (AvgIpc) is 2.37. The van der Waals surface area contributed by atoms with Gasteiger partial charge in [0.05, 0.1) is 0 Å². The predicted molar refractivity (Wildman–Crippen MR) is 72.2 cm³/mol. The van der Waals surface area contributed by atoms with E-state index in [2.05, 4.69) is 16.0 Å². The van der Waals surface area contributed by atoms with E-state index in [0.717, 1.165) is 31.4 Å². The molecule has 1 unspecified atom stereocenters. The van der Waals surface area contributed by atoms with Gasteiger partial charge in [-0.15, -0.1) is 25.5 Å². The summed E-state index contributed by atoms with van der Waals surface area (Å²) in [4.78, 5) is 0. The van der Waals surface area contributed by atoms with E-state index in [1.165, 1.54) is 12.1 Å². The molecule has 110 valence electrons. The third-order valence-electron chi connectivity index (χ3n) is 2.81. The van der Waals surface area contributed by atoms with Crippen LogP contribution in [-0.2, 0) is 0 Å². The van der Waals surface area contributed by atoms with Crippen molar-refractivity contribution in [2.75, 3.05) is 6.54 Å². The van der Waals surface area contributed by atoms with Crippen LogP contribution in [0.3, 0.4) is 0 Å². The van der Waals surface area contributed by atoms with Gasteiger partial charge in [-0.3, -0.25) is 0 Å². The van der Waals surface area contributed by atoms with Gasteiger partial charge in [-0.2, -0.15) is 0 Å². The second-order valence-electron chi connectivity index (χ2n) is 4.45. The minimum atomic E-state index is -4.65. The predicted octanol–water partition coefficient (Wildman–Crippen LogP) is 4.04. The van der Waals surface area contributed by atoms with Crippen molar-refractivity contribution in [1.29, 1.82) is 0 Å². The van der Waals surface area contributed by atoms with Crippen molar-refractivity contribution in [2.24, 2.45) is 0 Å². The Kier molecular flexibility index (Phi) is 6.40. The summed E-state index contributed by atoms with van der Waals surface area (Å²) in [6.45, 7) is 2.78. The maximum atomic E-state index is 12.0. The lowest BCUT2D eigenvalue weighted by molar-refractivity contribution is -0.274. The van der Waals surface area contributed by atoms with Crippen molar-refractivity contribution in [2.45, 2.75) is 38.6 Å². The fraction of sp³-hybridized carbons (Fsp3) is 0.467. The molecule has 0 saturated carbocycles. The highest BCUT2D eigenvalue weighted by atomic mass is 19.4. The van der Waals surface area contributed by atoms with Gasteiger partial charge < -0.3 is 10.1 Å². The van der Waals surface area contributed by atoms with Crippen LogP contribution in [0, 0.1) is 12.3 Å². The molecule has 0 bridgehead atoms. The standard InChI is InChI=1S/C15H18F3NO/c1-3-4-5-6-11-19-12(2)13-7-9-14(10-8-13)20-15(16,17)18/h1,7-10,12,19H,4-6,11H2,2H3. The van der Waals surface area contributed by atoms with E-state index in [4.69, 9.17) is 6.42 Å². The molecule has 1 N–H and O–H groups in total. The van der Waals surface area contributed by atoms with Crippen LogP contribution in [0.4, 0.5) is 13.2 Å². The summed E-state index contributed by atoms with van der Waals surface area (Å²) in [6, 6.07) is 5.96. The minimum absolute atomic E-state index is 0.0702. The van der Waals surface area contributed by atoms with E-state index in [-0.39, 0.29) is 11.8 Å². The smallest absolute Gasteiger partial charge is 0.406 e. The first-order valence-corrected chi connectivity index (χ1v) is 6.45. The van der Waals surface area contributed by atoms with Crippen molar-refractivity contribution in [3.05, 3.63) is 29.8 Å². The quantitative estimate of drug-likeness (QED) is 0.603. The molecule has 1 atom stereocenters. The third kappa shape index (κ3) is 6.48. The summed E-state index contributed by atoms with van der Waals surface area (Å²) < 4.78 is 39.9.